The maximum Gasteiger partial charge on any atom is 0.250 e. The molecule has 1 aliphatic rings. The first-order valence-corrected chi connectivity index (χ1v) is 7.28. The topological polar surface area (TPSA) is 22.0 Å². The summed E-state index contributed by atoms with van der Waals surface area (Å²) in [4.78, 5) is 11.8. The van der Waals surface area contributed by atoms with Crippen LogP contribution in [0.2, 0.25) is 0 Å². The lowest BCUT2D eigenvalue weighted by Gasteiger charge is -2.11. The molecule has 0 N–H and O–H groups in total. The fourth-order valence-electron chi connectivity index (χ4n) is 2.61. The number of aromatic nitrogens is 1. The summed E-state index contributed by atoms with van der Waals surface area (Å²) < 4.78 is 2.00. The van der Waals surface area contributed by atoms with Crippen LogP contribution in [0.5, 0.6) is 0 Å². The summed E-state index contributed by atoms with van der Waals surface area (Å²) >= 11 is 4.21. The number of rotatable bonds is 6. The van der Waals surface area contributed by atoms with Gasteiger partial charge >= 0.3 is 0 Å². The van der Waals surface area contributed by atoms with Gasteiger partial charge in [-0.2, -0.15) is 12.6 Å². The number of aryl methyl sites for hydroxylation is 1. The molecular weight excluding hydrogens is 230 g/mol. The zero-order valence-corrected chi connectivity index (χ0v) is 11.2. The van der Waals surface area contributed by atoms with E-state index in [1.165, 1.54) is 36.9 Å². The Morgan fingerprint density at radius 2 is 1.94 bits per heavy atom. The van der Waals surface area contributed by atoms with Crippen LogP contribution in [0.4, 0.5) is 0 Å². The highest BCUT2D eigenvalue weighted by molar-refractivity contribution is 7.80. The summed E-state index contributed by atoms with van der Waals surface area (Å²) in [6.45, 7) is 0.897. The molecule has 0 aromatic carbocycles. The van der Waals surface area contributed by atoms with Crippen LogP contribution in [-0.2, 0) is 19.4 Å². The van der Waals surface area contributed by atoms with Crippen molar-refractivity contribution in [2.75, 3.05) is 5.75 Å². The highest BCUT2D eigenvalue weighted by atomic mass is 32.1. The number of unbranched alkanes of at least 4 members (excludes halogenated alkanes) is 3. The molecule has 2 nitrogen and oxygen atoms in total. The van der Waals surface area contributed by atoms with Crippen LogP contribution >= 0.6 is 12.6 Å². The second kappa shape index (κ2) is 6.29. The molecule has 0 saturated heterocycles. The highest BCUT2D eigenvalue weighted by Crippen LogP contribution is 2.20. The van der Waals surface area contributed by atoms with E-state index in [0.717, 1.165) is 31.6 Å². The lowest BCUT2D eigenvalue weighted by molar-refractivity contribution is 0.557. The summed E-state index contributed by atoms with van der Waals surface area (Å²) in [7, 11) is 0. The quantitative estimate of drug-likeness (QED) is 0.609. The number of pyridine rings is 1. The maximum atomic E-state index is 11.8. The molecule has 1 aromatic heterocycles. The molecule has 0 radical (unpaired) electrons. The monoisotopic (exact) mass is 251 g/mol. The predicted octanol–water partition coefficient (Wildman–Crippen LogP) is 2.83. The Labute approximate surface area is 108 Å². The van der Waals surface area contributed by atoms with Crippen molar-refractivity contribution < 1.29 is 0 Å². The van der Waals surface area contributed by atoms with E-state index >= 15 is 0 Å². The molecule has 0 unspecified atom stereocenters. The lowest BCUT2D eigenvalue weighted by Crippen LogP contribution is -2.22. The van der Waals surface area contributed by atoms with Crippen molar-refractivity contribution in [1.82, 2.24) is 4.57 Å². The van der Waals surface area contributed by atoms with Gasteiger partial charge in [0.05, 0.1) is 0 Å². The molecule has 0 amide bonds. The lowest BCUT2D eigenvalue weighted by atomic mass is 10.2. The molecule has 0 saturated carbocycles. The molecule has 0 bridgehead atoms. The van der Waals surface area contributed by atoms with Crippen molar-refractivity contribution in [3.63, 3.8) is 0 Å². The largest absolute Gasteiger partial charge is 0.312 e. The zero-order chi connectivity index (χ0) is 12.1. The van der Waals surface area contributed by atoms with Crippen molar-refractivity contribution in [3.05, 3.63) is 33.7 Å². The van der Waals surface area contributed by atoms with E-state index in [0.29, 0.717) is 0 Å². The number of nitrogens with zero attached hydrogens (tertiary/aromatic N) is 1. The SMILES string of the molecule is O=c1ccc2c(n1CCCCCCS)CCC2. The van der Waals surface area contributed by atoms with Crippen LogP contribution in [0.3, 0.4) is 0 Å². The Bertz CT molecular complexity index is 425. The van der Waals surface area contributed by atoms with Gasteiger partial charge in [0, 0.05) is 18.3 Å². The summed E-state index contributed by atoms with van der Waals surface area (Å²) in [5.74, 6) is 0.973. The van der Waals surface area contributed by atoms with Gasteiger partial charge in [-0.05, 0) is 43.4 Å². The van der Waals surface area contributed by atoms with Gasteiger partial charge in [0.15, 0.2) is 0 Å². The van der Waals surface area contributed by atoms with Gasteiger partial charge in [-0.1, -0.05) is 18.9 Å². The number of fused-ring (bicyclic) bond motifs is 1. The van der Waals surface area contributed by atoms with Gasteiger partial charge in [-0.3, -0.25) is 4.79 Å². The van der Waals surface area contributed by atoms with Crippen molar-refractivity contribution >= 4 is 12.6 Å². The minimum Gasteiger partial charge on any atom is -0.312 e. The standard InChI is InChI=1S/C14H21NOS/c16-14-9-8-12-6-5-7-13(12)15(14)10-3-1-2-4-11-17/h8-9,17H,1-7,10-11H2. The summed E-state index contributed by atoms with van der Waals surface area (Å²) in [5, 5.41) is 0. The number of hydrogen-bond acceptors (Lipinski definition) is 2. The Balaban J connectivity index is 1.96. The average Bonchev–Trinajstić information content (AvgIpc) is 2.79. The van der Waals surface area contributed by atoms with Crippen LogP contribution in [0.1, 0.15) is 43.4 Å². The van der Waals surface area contributed by atoms with E-state index in [1.54, 1.807) is 6.07 Å². The van der Waals surface area contributed by atoms with Crippen molar-refractivity contribution in [1.29, 1.82) is 0 Å². The van der Waals surface area contributed by atoms with Crippen molar-refractivity contribution in [2.45, 2.75) is 51.5 Å². The Morgan fingerprint density at radius 3 is 2.76 bits per heavy atom. The fraction of sp³-hybridized carbons (Fsp3) is 0.643. The molecule has 1 aromatic rings. The van der Waals surface area contributed by atoms with E-state index in [4.69, 9.17) is 0 Å². The van der Waals surface area contributed by atoms with Crippen LogP contribution in [-0.4, -0.2) is 10.3 Å². The normalized spacial score (nSPS) is 13.9. The molecule has 2 rings (SSSR count). The molecule has 94 valence electrons. The third kappa shape index (κ3) is 3.15. The maximum absolute atomic E-state index is 11.8. The first-order valence-electron chi connectivity index (χ1n) is 6.65. The van der Waals surface area contributed by atoms with E-state index in [1.807, 2.05) is 10.6 Å². The minimum absolute atomic E-state index is 0.180. The first-order chi connectivity index (χ1) is 8.33. The zero-order valence-electron chi connectivity index (χ0n) is 10.3. The van der Waals surface area contributed by atoms with Gasteiger partial charge in [-0.15, -0.1) is 0 Å². The molecule has 0 fully saturated rings. The first kappa shape index (κ1) is 12.7. The summed E-state index contributed by atoms with van der Waals surface area (Å²) in [6.07, 6.45) is 8.18. The fourth-order valence-corrected chi connectivity index (χ4v) is 2.84. The van der Waals surface area contributed by atoms with Gasteiger partial charge in [0.25, 0.3) is 5.56 Å². The minimum atomic E-state index is 0.180. The van der Waals surface area contributed by atoms with Crippen molar-refractivity contribution in [2.24, 2.45) is 0 Å². The second-order valence-corrected chi connectivity index (χ2v) is 5.23. The van der Waals surface area contributed by atoms with Crippen LogP contribution < -0.4 is 5.56 Å². The molecule has 0 aliphatic heterocycles. The summed E-state index contributed by atoms with van der Waals surface area (Å²) in [6, 6.07) is 3.75. The number of thiol groups is 1. The van der Waals surface area contributed by atoms with E-state index in [-0.39, 0.29) is 5.56 Å². The van der Waals surface area contributed by atoms with Gasteiger partial charge in [-0.25, -0.2) is 0 Å². The predicted molar refractivity (Wildman–Crippen MR) is 75.0 cm³/mol. The highest BCUT2D eigenvalue weighted by Gasteiger charge is 2.14. The molecule has 0 atom stereocenters. The Hall–Kier alpha value is -0.700. The Kier molecular flexibility index (Phi) is 4.72. The third-order valence-corrected chi connectivity index (χ3v) is 3.86. The third-order valence-electron chi connectivity index (χ3n) is 3.54. The van der Waals surface area contributed by atoms with E-state index in [2.05, 4.69) is 12.6 Å². The number of hydrogen-bond donors (Lipinski definition) is 1. The van der Waals surface area contributed by atoms with E-state index < -0.39 is 0 Å². The molecule has 3 heteroatoms. The van der Waals surface area contributed by atoms with Gasteiger partial charge in [0.1, 0.15) is 0 Å². The van der Waals surface area contributed by atoms with Crippen molar-refractivity contribution in [3.8, 4) is 0 Å². The molecular formula is C14H21NOS. The molecule has 1 aliphatic carbocycles. The van der Waals surface area contributed by atoms with E-state index in [9.17, 15) is 4.79 Å². The average molecular weight is 251 g/mol. The summed E-state index contributed by atoms with van der Waals surface area (Å²) in [5.41, 5.74) is 2.87. The van der Waals surface area contributed by atoms with Gasteiger partial charge < -0.3 is 4.57 Å². The molecule has 17 heavy (non-hydrogen) atoms. The van der Waals surface area contributed by atoms with Crippen LogP contribution in [0.15, 0.2) is 16.9 Å². The van der Waals surface area contributed by atoms with Crippen LogP contribution in [0, 0.1) is 0 Å². The molecule has 1 heterocycles. The smallest absolute Gasteiger partial charge is 0.250 e. The second-order valence-electron chi connectivity index (χ2n) is 4.79. The molecule has 0 spiro atoms. The Morgan fingerprint density at radius 1 is 1.12 bits per heavy atom. The van der Waals surface area contributed by atoms with Gasteiger partial charge in [0.2, 0.25) is 0 Å². The van der Waals surface area contributed by atoms with Crippen LogP contribution in [0.25, 0.3) is 0 Å².